The van der Waals surface area contributed by atoms with Gasteiger partial charge in [0.15, 0.2) is 0 Å². The molecular formula is C18H29N3O3S. The lowest BCUT2D eigenvalue weighted by molar-refractivity contribution is -0.128. The van der Waals surface area contributed by atoms with Crippen LogP contribution in [-0.2, 0) is 14.3 Å². The quantitative estimate of drug-likeness (QED) is 0.720. The third-order valence-electron chi connectivity index (χ3n) is 5.74. The summed E-state index contributed by atoms with van der Waals surface area (Å²) in [5.41, 5.74) is 6.41. The predicted octanol–water partition coefficient (Wildman–Crippen LogP) is 1.63. The molecule has 5 atom stereocenters. The molecule has 0 aromatic carbocycles. The van der Waals surface area contributed by atoms with Crippen LogP contribution in [0.25, 0.3) is 0 Å². The fraction of sp³-hybridized carbons (Fsp3) is 0.833. The SMILES string of the molecule is O=C(/C=C/C1CCC2OCOC2C1)N(CC1CCCS1)C1CCNN1. The second kappa shape index (κ2) is 8.39. The van der Waals surface area contributed by atoms with Crippen molar-refractivity contribution in [3.8, 4) is 0 Å². The highest BCUT2D eigenvalue weighted by atomic mass is 32.2. The molecule has 4 rings (SSSR count). The van der Waals surface area contributed by atoms with Crippen LogP contribution in [0.1, 0.15) is 38.5 Å². The molecule has 0 spiro atoms. The number of thioether (sulfide) groups is 1. The van der Waals surface area contributed by atoms with Crippen molar-refractivity contribution in [1.29, 1.82) is 0 Å². The number of rotatable bonds is 5. The van der Waals surface area contributed by atoms with Crippen LogP contribution in [0.4, 0.5) is 0 Å². The first-order valence-electron chi connectivity index (χ1n) is 9.61. The van der Waals surface area contributed by atoms with Gasteiger partial charge in [0.1, 0.15) is 6.79 Å². The van der Waals surface area contributed by atoms with Crippen LogP contribution in [0.5, 0.6) is 0 Å². The summed E-state index contributed by atoms with van der Waals surface area (Å²) >= 11 is 2.01. The Hall–Kier alpha value is -0.600. The highest BCUT2D eigenvalue weighted by Crippen LogP contribution is 2.33. The van der Waals surface area contributed by atoms with Crippen molar-refractivity contribution in [1.82, 2.24) is 15.8 Å². The van der Waals surface area contributed by atoms with E-state index in [0.717, 1.165) is 38.8 Å². The number of carbonyl (C=O) groups excluding carboxylic acids is 1. The van der Waals surface area contributed by atoms with E-state index < -0.39 is 0 Å². The van der Waals surface area contributed by atoms with Gasteiger partial charge in [-0.15, -0.1) is 0 Å². The van der Waals surface area contributed by atoms with Crippen molar-refractivity contribution < 1.29 is 14.3 Å². The Morgan fingerprint density at radius 1 is 1.20 bits per heavy atom. The summed E-state index contributed by atoms with van der Waals surface area (Å²) in [7, 11) is 0. The number of amides is 1. The second-order valence-electron chi connectivity index (χ2n) is 7.46. The molecule has 0 aromatic rings. The minimum Gasteiger partial charge on any atom is -0.349 e. The van der Waals surface area contributed by atoms with E-state index in [1.54, 1.807) is 6.08 Å². The van der Waals surface area contributed by atoms with Crippen molar-refractivity contribution >= 4 is 17.7 Å². The first-order valence-corrected chi connectivity index (χ1v) is 10.7. The number of fused-ring (bicyclic) bond motifs is 1. The van der Waals surface area contributed by atoms with E-state index in [2.05, 4.69) is 16.9 Å². The zero-order valence-electron chi connectivity index (χ0n) is 14.7. The van der Waals surface area contributed by atoms with Crippen LogP contribution in [0.3, 0.4) is 0 Å². The molecule has 0 bridgehead atoms. The summed E-state index contributed by atoms with van der Waals surface area (Å²) in [6.07, 6.45) is 11.1. The number of ether oxygens (including phenoxy) is 2. The Morgan fingerprint density at radius 2 is 2.12 bits per heavy atom. The zero-order valence-corrected chi connectivity index (χ0v) is 15.5. The van der Waals surface area contributed by atoms with Gasteiger partial charge in [-0.2, -0.15) is 11.8 Å². The fourth-order valence-electron chi connectivity index (χ4n) is 4.28. The van der Waals surface area contributed by atoms with Gasteiger partial charge < -0.3 is 14.4 Å². The molecule has 4 aliphatic rings. The smallest absolute Gasteiger partial charge is 0.247 e. The number of nitrogens with zero attached hydrogens (tertiary/aromatic N) is 1. The molecule has 0 aromatic heterocycles. The Kier molecular flexibility index (Phi) is 5.98. The summed E-state index contributed by atoms with van der Waals surface area (Å²) < 4.78 is 11.2. The molecule has 3 aliphatic heterocycles. The van der Waals surface area contributed by atoms with Crippen LogP contribution in [-0.4, -0.2) is 60.1 Å². The molecule has 6 nitrogen and oxygen atoms in total. The third-order valence-corrected chi connectivity index (χ3v) is 7.12. The summed E-state index contributed by atoms with van der Waals surface area (Å²) in [4.78, 5) is 14.9. The van der Waals surface area contributed by atoms with Crippen LogP contribution >= 0.6 is 11.8 Å². The normalized spacial score (nSPS) is 38.3. The van der Waals surface area contributed by atoms with E-state index >= 15 is 0 Å². The first-order chi connectivity index (χ1) is 12.3. The van der Waals surface area contributed by atoms with Gasteiger partial charge in [-0.05, 0) is 56.3 Å². The summed E-state index contributed by atoms with van der Waals surface area (Å²) in [5.74, 6) is 1.79. The Balaban J connectivity index is 1.35. The topological polar surface area (TPSA) is 62.8 Å². The van der Waals surface area contributed by atoms with Gasteiger partial charge in [0, 0.05) is 18.3 Å². The summed E-state index contributed by atoms with van der Waals surface area (Å²) in [6, 6.07) is 0. The third kappa shape index (κ3) is 4.39. The molecule has 7 heteroatoms. The lowest BCUT2D eigenvalue weighted by Crippen LogP contribution is -2.49. The van der Waals surface area contributed by atoms with Gasteiger partial charge in [-0.1, -0.05) is 6.08 Å². The van der Waals surface area contributed by atoms with Gasteiger partial charge in [0.25, 0.3) is 0 Å². The Bertz CT molecular complexity index is 492. The monoisotopic (exact) mass is 367 g/mol. The molecule has 2 N–H and O–H groups in total. The number of carbonyl (C=O) groups is 1. The van der Waals surface area contributed by atoms with E-state index in [0.29, 0.717) is 18.0 Å². The number of hydrogen-bond donors (Lipinski definition) is 2. The molecule has 1 saturated carbocycles. The van der Waals surface area contributed by atoms with Gasteiger partial charge in [-0.25, -0.2) is 5.43 Å². The second-order valence-corrected chi connectivity index (χ2v) is 8.87. The number of hydrogen-bond acceptors (Lipinski definition) is 6. The average molecular weight is 368 g/mol. The standard InChI is InChI=1S/C18H29N3O3S/c22-18(6-4-13-3-5-15-16(10-13)24-12-23-15)21(17-7-8-19-20-17)11-14-2-1-9-25-14/h4,6,13-17,19-20H,1-3,5,7-12H2/b6-4+. The maximum Gasteiger partial charge on any atom is 0.247 e. The fourth-order valence-corrected chi connectivity index (χ4v) is 5.55. The minimum absolute atomic E-state index is 0.112. The van der Waals surface area contributed by atoms with Crippen LogP contribution in [0.15, 0.2) is 12.2 Å². The van der Waals surface area contributed by atoms with Crippen molar-refractivity contribution in [2.45, 2.75) is 62.1 Å². The van der Waals surface area contributed by atoms with Crippen molar-refractivity contribution in [2.24, 2.45) is 5.92 Å². The molecule has 1 aliphatic carbocycles. The Morgan fingerprint density at radius 3 is 2.92 bits per heavy atom. The molecule has 3 saturated heterocycles. The molecule has 1 amide bonds. The van der Waals surface area contributed by atoms with Crippen LogP contribution < -0.4 is 10.9 Å². The minimum atomic E-state index is 0.112. The van der Waals surface area contributed by atoms with Crippen molar-refractivity contribution in [3.05, 3.63) is 12.2 Å². The lowest BCUT2D eigenvalue weighted by atomic mass is 9.85. The van der Waals surface area contributed by atoms with E-state index in [-0.39, 0.29) is 24.3 Å². The largest absolute Gasteiger partial charge is 0.349 e. The van der Waals surface area contributed by atoms with Gasteiger partial charge in [0.05, 0.1) is 18.4 Å². The summed E-state index contributed by atoms with van der Waals surface area (Å²) in [5, 5.41) is 0.583. The first kappa shape index (κ1) is 17.8. The molecule has 4 fully saturated rings. The molecular weight excluding hydrogens is 338 g/mol. The number of hydrazine groups is 1. The van der Waals surface area contributed by atoms with E-state index in [1.807, 2.05) is 16.7 Å². The van der Waals surface area contributed by atoms with Crippen LogP contribution in [0, 0.1) is 5.92 Å². The van der Waals surface area contributed by atoms with Crippen molar-refractivity contribution in [2.75, 3.05) is 25.6 Å². The molecule has 0 radical (unpaired) electrons. The average Bonchev–Trinajstić information content (AvgIpc) is 3.39. The summed E-state index contributed by atoms with van der Waals surface area (Å²) in [6.45, 7) is 2.19. The number of allylic oxidation sites excluding steroid dienone is 1. The number of nitrogens with one attached hydrogen (secondary N) is 2. The van der Waals surface area contributed by atoms with E-state index in [1.165, 1.54) is 18.6 Å². The van der Waals surface area contributed by atoms with Gasteiger partial charge in [-0.3, -0.25) is 10.2 Å². The van der Waals surface area contributed by atoms with E-state index in [9.17, 15) is 4.79 Å². The molecule has 3 heterocycles. The maximum atomic E-state index is 12.9. The highest BCUT2D eigenvalue weighted by Gasteiger charge is 2.35. The maximum absolute atomic E-state index is 12.9. The van der Waals surface area contributed by atoms with Crippen LogP contribution in [0.2, 0.25) is 0 Å². The van der Waals surface area contributed by atoms with Crippen molar-refractivity contribution in [3.63, 3.8) is 0 Å². The highest BCUT2D eigenvalue weighted by molar-refractivity contribution is 8.00. The van der Waals surface area contributed by atoms with Gasteiger partial charge in [0.2, 0.25) is 5.91 Å². The Labute approximate surface area is 154 Å². The zero-order chi connectivity index (χ0) is 17.1. The van der Waals surface area contributed by atoms with E-state index in [4.69, 9.17) is 9.47 Å². The van der Waals surface area contributed by atoms with Gasteiger partial charge >= 0.3 is 0 Å². The molecule has 140 valence electrons. The predicted molar refractivity (Wildman–Crippen MR) is 97.8 cm³/mol. The molecule has 5 unspecified atom stereocenters. The molecule has 25 heavy (non-hydrogen) atoms. The lowest BCUT2D eigenvalue weighted by Gasteiger charge is -2.30.